The van der Waals surface area contributed by atoms with Crippen molar-refractivity contribution >= 4 is 11.9 Å². The third-order valence-electron chi connectivity index (χ3n) is 2.76. The largest absolute Gasteiger partial charge is 0.454 e. The van der Waals surface area contributed by atoms with Crippen molar-refractivity contribution in [3.63, 3.8) is 0 Å². The van der Waals surface area contributed by atoms with Crippen LogP contribution in [0.25, 0.3) is 0 Å². The second-order valence-electron chi connectivity index (χ2n) is 4.15. The van der Waals surface area contributed by atoms with Crippen LogP contribution in [0.2, 0.25) is 0 Å². The minimum atomic E-state index is -0.580. The van der Waals surface area contributed by atoms with E-state index >= 15 is 0 Å². The van der Waals surface area contributed by atoms with Gasteiger partial charge in [-0.1, -0.05) is 0 Å². The highest BCUT2D eigenvalue weighted by atomic mass is 16.3. The van der Waals surface area contributed by atoms with Crippen molar-refractivity contribution < 1.29 is 9.21 Å². The Balaban J connectivity index is 1.95. The Morgan fingerprint density at radius 3 is 2.76 bits per heavy atom. The first-order chi connectivity index (χ1) is 8.08. The number of aliphatic imine (C=N–C) groups is 1. The molecule has 17 heavy (non-hydrogen) atoms. The highest BCUT2D eigenvalue weighted by Crippen LogP contribution is 2.24. The predicted octanol–water partition coefficient (Wildman–Crippen LogP) is 0.287. The third-order valence-corrected chi connectivity index (χ3v) is 2.76. The number of rotatable bonds is 4. The van der Waals surface area contributed by atoms with Crippen LogP contribution in [0.1, 0.15) is 29.2 Å². The smallest absolute Gasteiger partial charge is 0.284 e. The van der Waals surface area contributed by atoms with E-state index in [9.17, 15) is 4.79 Å². The van der Waals surface area contributed by atoms with Crippen molar-refractivity contribution in [2.45, 2.75) is 25.4 Å². The number of hydrogen-bond acceptors (Lipinski definition) is 3. The van der Waals surface area contributed by atoms with Gasteiger partial charge in [-0.25, -0.2) is 4.99 Å². The topological polar surface area (TPSA) is 97.9 Å². The molecule has 0 bridgehead atoms. The number of carbonyl (C=O) groups is 1. The summed E-state index contributed by atoms with van der Waals surface area (Å²) < 4.78 is 5.20. The van der Waals surface area contributed by atoms with Gasteiger partial charge in [-0.3, -0.25) is 4.79 Å². The van der Waals surface area contributed by atoms with Crippen molar-refractivity contribution in [2.75, 3.05) is 7.05 Å². The highest BCUT2D eigenvalue weighted by Gasteiger charge is 2.27. The standard InChI is InChI=1S/C11H16N4O2/c1-15(7-2-3-7)11(13)14-6-8-4-5-9(17-8)10(12)16/h4-5,7H,2-3,6H2,1H3,(H2,12,16)(H2,13,14). The zero-order valence-corrected chi connectivity index (χ0v) is 9.72. The minimum absolute atomic E-state index is 0.143. The van der Waals surface area contributed by atoms with Gasteiger partial charge in [0.2, 0.25) is 0 Å². The molecule has 1 aromatic heterocycles. The Morgan fingerprint density at radius 2 is 2.24 bits per heavy atom. The first-order valence-corrected chi connectivity index (χ1v) is 5.49. The summed E-state index contributed by atoms with van der Waals surface area (Å²) in [5.41, 5.74) is 10.9. The molecule has 0 radical (unpaired) electrons. The Kier molecular flexibility index (Phi) is 3.03. The molecule has 1 aromatic rings. The Bertz CT molecular complexity index is 448. The second kappa shape index (κ2) is 4.48. The van der Waals surface area contributed by atoms with Gasteiger partial charge in [0, 0.05) is 13.1 Å². The molecule has 1 aliphatic rings. The molecule has 0 aliphatic heterocycles. The van der Waals surface area contributed by atoms with E-state index in [0.717, 1.165) is 0 Å². The van der Waals surface area contributed by atoms with Crippen LogP contribution in [0.15, 0.2) is 21.5 Å². The summed E-state index contributed by atoms with van der Waals surface area (Å²) in [6.07, 6.45) is 2.33. The van der Waals surface area contributed by atoms with Crippen LogP contribution in [0.3, 0.4) is 0 Å². The molecule has 1 saturated carbocycles. The average Bonchev–Trinajstić information content (AvgIpc) is 3.03. The van der Waals surface area contributed by atoms with Crippen LogP contribution >= 0.6 is 0 Å². The van der Waals surface area contributed by atoms with Gasteiger partial charge in [0.05, 0.1) is 0 Å². The molecular formula is C11H16N4O2. The first-order valence-electron chi connectivity index (χ1n) is 5.49. The van der Waals surface area contributed by atoms with Crippen LogP contribution in [0, 0.1) is 0 Å². The van der Waals surface area contributed by atoms with Crippen molar-refractivity contribution in [1.82, 2.24) is 4.90 Å². The molecule has 2 rings (SSSR count). The highest BCUT2D eigenvalue weighted by molar-refractivity contribution is 5.89. The summed E-state index contributed by atoms with van der Waals surface area (Å²) in [7, 11) is 1.92. The van der Waals surface area contributed by atoms with Crippen LogP contribution in [0.4, 0.5) is 0 Å². The maximum Gasteiger partial charge on any atom is 0.284 e. The summed E-state index contributed by atoms with van der Waals surface area (Å²) in [5.74, 6) is 0.628. The number of nitrogens with two attached hydrogens (primary N) is 2. The number of carbonyl (C=O) groups excluding carboxylic acids is 1. The van der Waals surface area contributed by atoms with Gasteiger partial charge in [-0.15, -0.1) is 0 Å². The summed E-state index contributed by atoms with van der Waals surface area (Å²) in [6, 6.07) is 3.73. The SMILES string of the molecule is CN(C(N)=NCc1ccc(C(N)=O)o1)C1CC1. The van der Waals surface area contributed by atoms with Gasteiger partial charge in [-0.2, -0.15) is 0 Å². The van der Waals surface area contributed by atoms with Gasteiger partial charge in [-0.05, 0) is 25.0 Å². The summed E-state index contributed by atoms with van der Waals surface area (Å²) in [4.78, 5) is 17.0. The van der Waals surface area contributed by atoms with Crippen molar-refractivity contribution in [1.29, 1.82) is 0 Å². The molecule has 0 aromatic carbocycles. The molecule has 0 atom stereocenters. The Morgan fingerprint density at radius 1 is 1.53 bits per heavy atom. The van der Waals surface area contributed by atoms with Crippen LogP contribution in [0.5, 0.6) is 0 Å². The number of primary amides is 1. The molecule has 0 spiro atoms. The van der Waals surface area contributed by atoms with E-state index in [4.69, 9.17) is 15.9 Å². The van der Waals surface area contributed by atoms with Gasteiger partial charge in [0.15, 0.2) is 11.7 Å². The fraction of sp³-hybridized carbons (Fsp3) is 0.455. The maximum atomic E-state index is 10.8. The van der Waals surface area contributed by atoms with E-state index in [-0.39, 0.29) is 5.76 Å². The number of nitrogens with zero attached hydrogens (tertiary/aromatic N) is 2. The number of furan rings is 1. The minimum Gasteiger partial charge on any atom is -0.454 e. The lowest BCUT2D eigenvalue weighted by atomic mass is 10.4. The Labute approximate surface area is 99.3 Å². The second-order valence-corrected chi connectivity index (χ2v) is 4.15. The fourth-order valence-corrected chi connectivity index (χ4v) is 1.51. The molecule has 92 valence electrons. The number of guanidine groups is 1. The molecule has 0 saturated heterocycles. The zero-order valence-electron chi connectivity index (χ0n) is 9.72. The predicted molar refractivity (Wildman–Crippen MR) is 63.3 cm³/mol. The molecule has 4 N–H and O–H groups in total. The molecule has 6 nitrogen and oxygen atoms in total. The first kappa shape index (κ1) is 11.5. The molecule has 1 amide bonds. The number of hydrogen-bond donors (Lipinski definition) is 2. The van der Waals surface area contributed by atoms with E-state index in [1.165, 1.54) is 18.9 Å². The van der Waals surface area contributed by atoms with E-state index in [0.29, 0.717) is 24.3 Å². The third kappa shape index (κ3) is 2.77. The van der Waals surface area contributed by atoms with E-state index in [1.54, 1.807) is 6.07 Å². The lowest BCUT2D eigenvalue weighted by Crippen LogP contribution is -2.35. The molecule has 1 fully saturated rings. The molecule has 6 heteroatoms. The van der Waals surface area contributed by atoms with E-state index in [1.807, 2.05) is 11.9 Å². The van der Waals surface area contributed by atoms with Crippen molar-refractivity contribution in [2.24, 2.45) is 16.5 Å². The summed E-state index contributed by atoms with van der Waals surface area (Å²) in [6.45, 7) is 0.316. The average molecular weight is 236 g/mol. The molecular weight excluding hydrogens is 220 g/mol. The van der Waals surface area contributed by atoms with E-state index < -0.39 is 5.91 Å². The monoisotopic (exact) mass is 236 g/mol. The molecule has 0 unspecified atom stereocenters. The van der Waals surface area contributed by atoms with Gasteiger partial charge in [0.25, 0.3) is 5.91 Å². The summed E-state index contributed by atoms with van der Waals surface area (Å²) >= 11 is 0. The molecule has 1 heterocycles. The van der Waals surface area contributed by atoms with Gasteiger partial charge < -0.3 is 20.8 Å². The van der Waals surface area contributed by atoms with Crippen molar-refractivity contribution in [3.8, 4) is 0 Å². The van der Waals surface area contributed by atoms with E-state index in [2.05, 4.69) is 4.99 Å². The normalized spacial score (nSPS) is 15.9. The van der Waals surface area contributed by atoms with Crippen LogP contribution < -0.4 is 11.5 Å². The maximum absolute atomic E-state index is 10.8. The summed E-state index contributed by atoms with van der Waals surface area (Å²) in [5, 5.41) is 0. The fourth-order valence-electron chi connectivity index (χ4n) is 1.51. The number of amides is 1. The lowest BCUT2D eigenvalue weighted by Gasteiger charge is -2.16. The zero-order chi connectivity index (χ0) is 12.4. The quantitative estimate of drug-likeness (QED) is 0.579. The molecule has 1 aliphatic carbocycles. The van der Waals surface area contributed by atoms with Crippen LogP contribution in [-0.2, 0) is 6.54 Å². The van der Waals surface area contributed by atoms with Gasteiger partial charge in [0.1, 0.15) is 12.3 Å². The van der Waals surface area contributed by atoms with Crippen LogP contribution in [-0.4, -0.2) is 29.9 Å². The lowest BCUT2D eigenvalue weighted by molar-refractivity contribution is 0.0972. The van der Waals surface area contributed by atoms with Gasteiger partial charge >= 0.3 is 0 Å². The van der Waals surface area contributed by atoms with Crippen molar-refractivity contribution in [3.05, 3.63) is 23.7 Å². The Hall–Kier alpha value is -1.98.